The largest absolute Gasteiger partial charge is 0.486 e. The van der Waals surface area contributed by atoms with Gasteiger partial charge in [-0.1, -0.05) is 25.5 Å². The second-order valence-corrected chi connectivity index (χ2v) is 6.16. The van der Waals surface area contributed by atoms with Crippen LogP contribution >= 0.6 is 11.3 Å². The summed E-state index contributed by atoms with van der Waals surface area (Å²) in [7, 11) is 0. The van der Waals surface area contributed by atoms with E-state index in [1.807, 2.05) is 0 Å². The second-order valence-electron chi connectivity index (χ2n) is 4.99. The fraction of sp³-hybridized carbons (Fsp3) is 0.438. The molecule has 1 heterocycles. The van der Waals surface area contributed by atoms with Gasteiger partial charge in [-0.3, -0.25) is 0 Å². The smallest absolute Gasteiger partial charge is 0.140 e. The summed E-state index contributed by atoms with van der Waals surface area (Å²) in [6.45, 7) is 7.38. The summed E-state index contributed by atoms with van der Waals surface area (Å²) >= 11 is 1.67. The molecule has 0 amide bonds. The highest BCUT2D eigenvalue weighted by Gasteiger charge is 2.10. The number of aryl methyl sites for hydroxylation is 3. The Morgan fingerprint density at radius 2 is 2.10 bits per heavy atom. The van der Waals surface area contributed by atoms with Gasteiger partial charge in [-0.25, -0.2) is 4.98 Å². The monoisotopic (exact) mass is 290 g/mol. The summed E-state index contributed by atoms with van der Waals surface area (Å²) in [4.78, 5) is 5.84. The van der Waals surface area contributed by atoms with E-state index in [1.165, 1.54) is 10.4 Å². The third kappa shape index (κ3) is 3.58. The molecule has 2 aromatic rings. The van der Waals surface area contributed by atoms with Crippen LogP contribution < -0.4 is 10.5 Å². The van der Waals surface area contributed by atoms with Crippen molar-refractivity contribution in [2.24, 2.45) is 5.73 Å². The lowest BCUT2D eigenvalue weighted by atomic mass is 10.1. The minimum absolute atomic E-state index is 0.520. The van der Waals surface area contributed by atoms with Crippen LogP contribution in [0.4, 0.5) is 0 Å². The Bertz CT molecular complexity index is 578. The first-order chi connectivity index (χ1) is 9.63. The standard InChI is InChI=1S/C16H22N2OS/c1-4-5-13-15(9-17)20-16(18-13)10-19-14-8-11(2)6-7-12(14)3/h6-8H,4-5,9-10,17H2,1-3H3. The van der Waals surface area contributed by atoms with Gasteiger partial charge in [-0.15, -0.1) is 11.3 Å². The van der Waals surface area contributed by atoms with E-state index in [9.17, 15) is 0 Å². The maximum absolute atomic E-state index is 5.90. The Morgan fingerprint density at radius 3 is 2.80 bits per heavy atom. The van der Waals surface area contributed by atoms with Crippen molar-refractivity contribution in [3.63, 3.8) is 0 Å². The Labute approximate surface area is 124 Å². The highest BCUT2D eigenvalue weighted by Crippen LogP contribution is 2.24. The molecule has 1 aromatic heterocycles. The Kier molecular flexibility index (Phi) is 5.15. The molecule has 2 N–H and O–H groups in total. The van der Waals surface area contributed by atoms with E-state index in [4.69, 9.17) is 10.5 Å². The van der Waals surface area contributed by atoms with E-state index in [0.29, 0.717) is 13.2 Å². The SMILES string of the molecule is CCCc1nc(COc2cc(C)ccc2C)sc1CN. The number of hydrogen-bond acceptors (Lipinski definition) is 4. The molecule has 4 heteroatoms. The van der Waals surface area contributed by atoms with Gasteiger partial charge in [0.05, 0.1) is 5.69 Å². The molecule has 0 bridgehead atoms. The zero-order valence-corrected chi connectivity index (χ0v) is 13.2. The van der Waals surface area contributed by atoms with Gasteiger partial charge in [0, 0.05) is 11.4 Å². The zero-order chi connectivity index (χ0) is 14.5. The molecule has 0 unspecified atom stereocenters. The van der Waals surface area contributed by atoms with Crippen LogP contribution in [0.5, 0.6) is 5.75 Å². The minimum Gasteiger partial charge on any atom is -0.486 e. The Balaban J connectivity index is 2.08. The molecule has 0 aliphatic carbocycles. The van der Waals surface area contributed by atoms with Crippen LogP contribution in [0, 0.1) is 13.8 Å². The average Bonchev–Trinajstić information content (AvgIpc) is 2.82. The molecule has 108 valence electrons. The first-order valence-corrected chi connectivity index (χ1v) is 7.83. The third-order valence-electron chi connectivity index (χ3n) is 3.19. The van der Waals surface area contributed by atoms with Crippen molar-refractivity contribution >= 4 is 11.3 Å². The molecule has 0 saturated carbocycles. The summed E-state index contributed by atoms with van der Waals surface area (Å²) in [6, 6.07) is 6.25. The number of aromatic nitrogens is 1. The molecule has 20 heavy (non-hydrogen) atoms. The number of ether oxygens (including phenoxy) is 1. The highest BCUT2D eigenvalue weighted by atomic mass is 32.1. The number of nitrogens with two attached hydrogens (primary N) is 1. The normalized spacial score (nSPS) is 10.8. The Morgan fingerprint density at radius 1 is 1.30 bits per heavy atom. The van der Waals surface area contributed by atoms with E-state index in [0.717, 1.165) is 34.9 Å². The fourth-order valence-corrected chi connectivity index (χ4v) is 3.00. The number of nitrogens with zero attached hydrogens (tertiary/aromatic N) is 1. The van der Waals surface area contributed by atoms with Gasteiger partial charge < -0.3 is 10.5 Å². The fourth-order valence-electron chi connectivity index (χ4n) is 2.09. The van der Waals surface area contributed by atoms with Gasteiger partial charge in [0.15, 0.2) is 0 Å². The maximum Gasteiger partial charge on any atom is 0.140 e. The van der Waals surface area contributed by atoms with Crippen LogP contribution in [-0.2, 0) is 19.6 Å². The molecule has 0 aliphatic rings. The molecular formula is C16H22N2OS. The first kappa shape index (κ1) is 15.0. The van der Waals surface area contributed by atoms with Crippen molar-refractivity contribution < 1.29 is 4.74 Å². The van der Waals surface area contributed by atoms with Crippen LogP contribution in [-0.4, -0.2) is 4.98 Å². The number of rotatable bonds is 6. The van der Waals surface area contributed by atoms with Gasteiger partial charge in [-0.05, 0) is 37.5 Å². The molecule has 1 aromatic carbocycles. The van der Waals surface area contributed by atoms with Crippen LogP contribution in [0.1, 0.15) is 40.1 Å². The molecule has 0 fully saturated rings. The van der Waals surface area contributed by atoms with Crippen molar-refractivity contribution in [2.45, 2.75) is 46.8 Å². The van der Waals surface area contributed by atoms with Gasteiger partial charge in [0.1, 0.15) is 17.4 Å². The predicted molar refractivity (Wildman–Crippen MR) is 84.2 cm³/mol. The number of hydrogen-bond donors (Lipinski definition) is 1. The third-order valence-corrected chi connectivity index (χ3v) is 4.28. The van der Waals surface area contributed by atoms with Gasteiger partial charge in [-0.2, -0.15) is 0 Å². The predicted octanol–water partition coefficient (Wildman–Crippen LogP) is 3.75. The topological polar surface area (TPSA) is 48.1 Å². The summed E-state index contributed by atoms with van der Waals surface area (Å²) in [5, 5.41) is 1.01. The molecule has 2 rings (SSSR count). The number of benzene rings is 1. The van der Waals surface area contributed by atoms with Crippen molar-refractivity contribution in [2.75, 3.05) is 0 Å². The molecule has 0 saturated heterocycles. The van der Waals surface area contributed by atoms with Crippen LogP contribution in [0.15, 0.2) is 18.2 Å². The van der Waals surface area contributed by atoms with Gasteiger partial charge in [0.2, 0.25) is 0 Å². The van der Waals surface area contributed by atoms with Crippen molar-refractivity contribution in [1.82, 2.24) is 4.98 Å². The van der Waals surface area contributed by atoms with Crippen molar-refractivity contribution in [3.05, 3.63) is 44.9 Å². The van der Waals surface area contributed by atoms with Gasteiger partial charge >= 0.3 is 0 Å². The molecule has 0 aliphatic heterocycles. The summed E-state index contributed by atoms with van der Waals surface area (Å²) in [6.07, 6.45) is 2.08. The average molecular weight is 290 g/mol. The van der Waals surface area contributed by atoms with E-state index >= 15 is 0 Å². The second kappa shape index (κ2) is 6.86. The van der Waals surface area contributed by atoms with E-state index in [-0.39, 0.29) is 0 Å². The lowest BCUT2D eigenvalue weighted by Gasteiger charge is -2.08. The molecular weight excluding hydrogens is 268 g/mol. The summed E-state index contributed by atoms with van der Waals surface area (Å²) in [5.41, 5.74) is 9.27. The van der Waals surface area contributed by atoms with Crippen LogP contribution in [0.25, 0.3) is 0 Å². The maximum atomic E-state index is 5.90. The van der Waals surface area contributed by atoms with Gasteiger partial charge in [0.25, 0.3) is 0 Å². The lowest BCUT2D eigenvalue weighted by molar-refractivity contribution is 0.303. The van der Waals surface area contributed by atoms with Crippen molar-refractivity contribution in [3.8, 4) is 5.75 Å². The Hall–Kier alpha value is -1.39. The zero-order valence-electron chi connectivity index (χ0n) is 12.4. The molecule has 0 spiro atoms. The minimum atomic E-state index is 0.520. The highest BCUT2D eigenvalue weighted by molar-refractivity contribution is 7.11. The lowest BCUT2D eigenvalue weighted by Crippen LogP contribution is -1.98. The van der Waals surface area contributed by atoms with Crippen LogP contribution in [0.2, 0.25) is 0 Å². The molecule has 3 nitrogen and oxygen atoms in total. The van der Waals surface area contributed by atoms with Crippen molar-refractivity contribution in [1.29, 1.82) is 0 Å². The molecule has 0 atom stereocenters. The van der Waals surface area contributed by atoms with Crippen LogP contribution in [0.3, 0.4) is 0 Å². The molecule has 0 radical (unpaired) electrons. The van der Waals surface area contributed by atoms with E-state index in [1.54, 1.807) is 11.3 Å². The quantitative estimate of drug-likeness (QED) is 0.881. The van der Waals surface area contributed by atoms with E-state index < -0.39 is 0 Å². The summed E-state index contributed by atoms with van der Waals surface area (Å²) < 4.78 is 5.90. The van der Waals surface area contributed by atoms with E-state index in [2.05, 4.69) is 44.0 Å². The number of thiazole rings is 1. The first-order valence-electron chi connectivity index (χ1n) is 7.01. The summed E-state index contributed by atoms with van der Waals surface area (Å²) in [5.74, 6) is 0.937.